The number of benzene rings is 1. The minimum Gasteiger partial charge on any atom is -0.444 e. The Labute approximate surface area is 132 Å². The first kappa shape index (κ1) is 17.0. The van der Waals surface area contributed by atoms with E-state index in [9.17, 15) is 9.90 Å². The van der Waals surface area contributed by atoms with Crippen molar-refractivity contribution in [2.45, 2.75) is 63.7 Å². The van der Waals surface area contributed by atoms with Crippen molar-refractivity contribution in [2.75, 3.05) is 0 Å². The molecule has 0 amide bonds. The molecule has 3 N–H and O–H groups in total. The van der Waals surface area contributed by atoms with Crippen LogP contribution in [0.5, 0.6) is 0 Å². The summed E-state index contributed by atoms with van der Waals surface area (Å²) >= 11 is 0. The van der Waals surface area contributed by atoms with Gasteiger partial charge < -0.3 is 9.84 Å². The number of carbonyl (C=O) groups is 1. The van der Waals surface area contributed by atoms with Gasteiger partial charge in [-0.2, -0.15) is 0 Å². The van der Waals surface area contributed by atoms with E-state index in [4.69, 9.17) is 10.5 Å². The molecule has 4 heteroatoms. The number of aliphatic hydroxyl groups is 1. The molecule has 1 aliphatic carbocycles. The lowest BCUT2D eigenvalue weighted by Gasteiger charge is -2.37. The summed E-state index contributed by atoms with van der Waals surface area (Å²) < 4.78 is 5.35. The van der Waals surface area contributed by atoms with Crippen LogP contribution in [0.15, 0.2) is 30.3 Å². The summed E-state index contributed by atoms with van der Waals surface area (Å²) in [5.74, 6) is -0.712. The summed E-state index contributed by atoms with van der Waals surface area (Å²) in [5, 5.41) is 11.3. The summed E-state index contributed by atoms with van der Waals surface area (Å²) in [4.78, 5) is 12.7. The van der Waals surface area contributed by atoms with Crippen LogP contribution >= 0.6 is 0 Å². The SMILES string of the molecule is CCCC(N)OC(=O)C(O)(c1ccccc1)C1CCCCC1. The van der Waals surface area contributed by atoms with Gasteiger partial charge >= 0.3 is 5.97 Å². The third-order valence-electron chi connectivity index (χ3n) is 4.55. The van der Waals surface area contributed by atoms with Gasteiger partial charge in [-0.1, -0.05) is 62.9 Å². The average molecular weight is 305 g/mol. The molecule has 1 aliphatic rings. The molecule has 0 spiro atoms. The standard InChI is InChI=1S/C18H27NO3/c1-2-9-16(19)22-17(20)18(21,14-10-5-3-6-11-14)15-12-7-4-8-13-15/h3,5-6,10-11,15-16,21H,2,4,7-9,12-13,19H2,1H3. The van der Waals surface area contributed by atoms with Crippen LogP contribution < -0.4 is 5.73 Å². The van der Waals surface area contributed by atoms with Gasteiger partial charge in [0.1, 0.15) is 0 Å². The lowest BCUT2D eigenvalue weighted by Crippen LogP contribution is -2.47. The van der Waals surface area contributed by atoms with Gasteiger partial charge in [0.15, 0.2) is 11.8 Å². The molecule has 1 aromatic rings. The molecule has 1 fully saturated rings. The van der Waals surface area contributed by atoms with Crippen molar-refractivity contribution in [1.29, 1.82) is 0 Å². The fourth-order valence-electron chi connectivity index (χ4n) is 3.30. The third-order valence-corrected chi connectivity index (χ3v) is 4.55. The Morgan fingerprint density at radius 2 is 1.95 bits per heavy atom. The van der Waals surface area contributed by atoms with Crippen LogP contribution in [-0.4, -0.2) is 17.3 Å². The minimum atomic E-state index is -1.59. The predicted octanol–water partition coefficient (Wildman–Crippen LogP) is 3.08. The van der Waals surface area contributed by atoms with E-state index in [2.05, 4.69) is 0 Å². The van der Waals surface area contributed by atoms with Gasteiger partial charge in [-0.05, 0) is 24.8 Å². The Bertz CT molecular complexity index is 470. The molecule has 4 nitrogen and oxygen atoms in total. The summed E-state index contributed by atoms with van der Waals surface area (Å²) in [6.45, 7) is 1.98. The highest BCUT2D eigenvalue weighted by Gasteiger charge is 2.47. The van der Waals surface area contributed by atoms with Crippen molar-refractivity contribution in [3.63, 3.8) is 0 Å². The molecule has 2 atom stereocenters. The van der Waals surface area contributed by atoms with E-state index in [0.717, 1.165) is 38.5 Å². The zero-order valence-electron chi connectivity index (χ0n) is 13.3. The Balaban J connectivity index is 2.26. The molecule has 0 radical (unpaired) electrons. The predicted molar refractivity (Wildman–Crippen MR) is 85.9 cm³/mol. The Morgan fingerprint density at radius 1 is 1.32 bits per heavy atom. The molecular weight excluding hydrogens is 278 g/mol. The van der Waals surface area contributed by atoms with E-state index in [1.54, 1.807) is 12.1 Å². The summed E-state index contributed by atoms with van der Waals surface area (Å²) in [6.07, 6.45) is 5.68. The van der Waals surface area contributed by atoms with Crippen molar-refractivity contribution >= 4 is 5.97 Å². The highest BCUT2D eigenvalue weighted by molar-refractivity contribution is 5.81. The van der Waals surface area contributed by atoms with Gasteiger partial charge in [0, 0.05) is 5.92 Å². The zero-order chi connectivity index (χ0) is 16.0. The van der Waals surface area contributed by atoms with Gasteiger partial charge in [-0.15, -0.1) is 0 Å². The molecule has 1 aromatic carbocycles. The summed E-state index contributed by atoms with van der Waals surface area (Å²) in [7, 11) is 0. The van der Waals surface area contributed by atoms with Gasteiger partial charge in [0.05, 0.1) is 0 Å². The van der Waals surface area contributed by atoms with Gasteiger partial charge in [-0.3, -0.25) is 5.73 Å². The number of hydrogen-bond donors (Lipinski definition) is 2. The smallest absolute Gasteiger partial charge is 0.344 e. The first-order valence-corrected chi connectivity index (χ1v) is 8.33. The van der Waals surface area contributed by atoms with Gasteiger partial charge in [0.2, 0.25) is 0 Å². The van der Waals surface area contributed by atoms with E-state index in [0.29, 0.717) is 12.0 Å². The second-order valence-corrected chi connectivity index (χ2v) is 6.20. The minimum absolute atomic E-state index is 0.107. The van der Waals surface area contributed by atoms with Crippen LogP contribution in [0.4, 0.5) is 0 Å². The van der Waals surface area contributed by atoms with Crippen molar-refractivity contribution < 1.29 is 14.6 Å². The highest BCUT2D eigenvalue weighted by Crippen LogP contribution is 2.40. The number of nitrogens with two attached hydrogens (primary N) is 1. The highest BCUT2D eigenvalue weighted by atomic mass is 16.6. The molecule has 2 unspecified atom stereocenters. The molecular formula is C18H27NO3. The van der Waals surface area contributed by atoms with E-state index < -0.39 is 17.8 Å². The van der Waals surface area contributed by atoms with Crippen molar-refractivity contribution in [1.82, 2.24) is 0 Å². The van der Waals surface area contributed by atoms with E-state index >= 15 is 0 Å². The van der Waals surface area contributed by atoms with Gasteiger partial charge in [0.25, 0.3) is 0 Å². The number of esters is 1. The lowest BCUT2D eigenvalue weighted by atomic mass is 9.73. The Hall–Kier alpha value is -1.39. The van der Waals surface area contributed by atoms with Crippen LogP contribution in [-0.2, 0) is 15.1 Å². The quantitative estimate of drug-likeness (QED) is 0.626. The first-order chi connectivity index (χ1) is 10.6. The maximum absolute atomic E-state index is 12.7. The maximum Gasteiger partial charge on any atom is 0.344 e. The number of rotatable bonds is 6. The Kier molecular flexibility index (Phi) is 5.98. The lowest BCUT2D eigenvalue weighted by molar-refractivity contribution is -0.181. The normalized spacial score (nSPS) is 20.1. The fraction of sp³-hybridized carbons (Fsp3) is 0.611. The average Bonchev–Trinajstić information content (AvgIpc) is 2.55. The van der Waals surface area contributed by atoms with Crippen LogP contribution in [0.2, 0.25) is 0 Å². The zero-order valence-corrected chi connectivity index (χ0v) is 13.3. The molecule has 0 saturated heterocycles. The number of hydrogen-bond acceptors (Lipinski definition) is 4. The molecule has 0 heterocycles. The molecule has 2 rings (SSSR count). The van der Waals surface area contributed by atoms with E-state index in [1.165, 1.54) is 0 Å². The molecule has 1 saturated carbocycles. The van der Waals surface area contributed by atoms with Crippen LogP contribution in [0.1, 0.15) is 57.4 Å². The van der Waals surface area contributed by atoms with Crippen molar-refractivity contribution in [2.24, 2.45) is 11.7 Å². The molecule has 0 aliphatic heterocycles. The van der Waals surface area contributed by atoms with Crippen LogP contribution in [0.3, 0.4) is 0 Å². The van der Waals surface area contributed by atoms with Gasteiger partial charge in [-0.25, -0.2) is 4.79 Å². The second kappa shape index (κ2) is 7.75. The monoisotopic (exact) mass is 305 g/mol. The Morgan fingerprint density at radius 3 is 2.55 bits per heavy atom. The van der Waals surface area contributed by atoms with Crippen LogP contribution in [0, 0.1) is 5.92 Å². The topological polar surface area (TPSA) is 72.5 Å². The molecule has 0 aromatic heterocycles. The molecule has 0 bridgehead atoms. The van der Waals surface area contributed by atoms with Crippen LogP contribution in [0.25, 0.3) is 0 Å². The largest absolute Gasteiger partial charge is 0.444 e. The maximum atomic E-state index is 12.7. The van der Waals surface area contributed by atoms with E-state index in [1.807, 2.05) is 25.1 Å². The second-order valence-electron chi connectivity index (χ2n) is 6.20. The molecule has 22 heavy (non-hydrogen) atoms. The van der Waals surface area contributed by atoms with E-state index in [-0.39, 0.29) is 5.92 Å². The summed E-state index contributed by atoms with van der Waals surface area (Å²) in [6, 6.07) is 9.13. The number of carbonyl (C=O) groups excluding carboxylic acids is 1. The first-order valence-electron chi connectivity index (χ1n) is 8.33. The number of ether oxygens (including phenoxy) is 1. The molecule has 122 valence electrons. The van der Waals surface area contributed by atoms with Crippen molar-refractivity contribution in [3.8, 4) is 0 Å². The fourth-order valence-corrected chi connectivity index (χ4v) is 3.30. The van der Waals surface area contributed by atoms with Crippen molar-refractivity contribution in [3.05, 3.63) is 35.9 Å². The third kappa shape index (κ3) is 3.68. The summed E-state index contributed by atoms with van der Waals surface area (Å²) in [5.41, 5.74) is 4.85.